The molecule has 2 aromatic heterocycles. The van der Waals surface area contributed by atoms with Crippen LogP contribution in [0.15, 0.2) is 18.3 Å². The highest BCUT2D eigenvalue weighted by Gasteiger charge is 2.39. The summed E-state index contributed by atoms with van der Waals surface area (Å²) in [4.78, 5) is 31.7. The van der Waals surface area contributed by atoms with E-state index in [9.17, 15) is 22.8 Å². The van der Waals surface area contributed by atoms with E-state index in [0.717, 1.165) is 13.0 Å². The first-order valence-electron chi connectivity index (χ1n) is 7.58. The van der Waals surface area contributed by atoms with Crippen LogP contribution in [0.25, 0.3) is 0 Å². The fourth-order valence-electron chi connectivity index (χ4n) is 2.15. The Hall–Kier alpha value is -2.10. The number of imide groups is 1. The lowest BCUT2D eigenvalue weighted by molar-refractivity contribution is -0.146. The number of carbonyl (C=O) groups excluding carboxylic acids is 2. The standard InChI is InChI=1S/C16H12Cl3F3N4O2/c1-6-3-4-23-11(7(2)16(20,21)22)10(6)24-15(28)26-14(27)8-5-9(17)13(19)25-12(8)18/h3-5,7H,1-2H3,(H2,24,26,27,28). The highest BCUT2D eigenvalue weighted by Crippen LogP contribution is 2.37. The molecule has 0 aliphatic carbocycles. The third-order valence-electron chi connectivity index (χ3n) is 3.69. The predicted octanol–water partition coefficient (Wildman–Crippen LogP) is 5.37. The molecule has 0 saturated carbocycles. The molecule has 0 fully saturated rings. The number of pyridine rings is 2. The molecule has 1 atom stereocenters. The van der Waals surface area contributed by atoms with Gasteiger partial charge in [-0.1, -0.05) is 34.8 Å². The van der Waals surface area contributed by atoms with E-state index in [0.29, 0.717) is 5.56 Å². The number of aryl methyl sites for hydroxylation is 1. The topological polar surface area (TPSA) is 84.0 Å². The van der Waals surface area contributed by atoms with E-state index in [-0.39, 0.29) is 32.3 Å². The van der Waals surface area contributed by atoms with E-state index in [2.05, 4.69) is 15.3 Å². The number of anilines is 1. The highest BCUT2D eigenvalue weighted by molar-refractivity contribution is 6.42. The Morgan fingerprint density at radius 1 is 1.18 bits per heavy atom. The first-order chi connectivity index (χ1) is 12.9. The van der Waals surface area contributed by atoms with Crippen molar-refractivity contribution in [2.75, 3.05) is 5.32 Å². The lowest BCUT2D eigenvalue weighted by Crippen LogP contribution is -2.35. The van der Waals surface area contributed by atoms with Crippen molar-refractivity contribution >= 4 is 52.4 Å². The van der Waals surface area contributed by atoms with Gasteiger partial charge in [-0.25, -0.2) is 9.78 Å². The summed E-state index contributed by atoms with van der Waals surface area (Å²) in [5.74, 6) is -2.91. The number of hydrogen-bond donors (Lipinski definition) is 2. The van der Waals surface area contributed by atoms with Crippen molar-refractivity contribution in [1.82, 2.24) is 15.3 Å². The average molecular weight is 456 g/mol. The van der Waals surface area contributed by atoms with Crippen LogP contribution < -0.4 is 10.6 Å². The maximum atomic E-state index is 13.1. The summed E-state index contributed by atoms with van der Waals surface area (Å²) in [5, 5.41) is 3.66. The van der Waals surface area contributed by atoms with Crippen LogP contribution in [0.2, 0.25) is 15.3 Å². The molecule has 0 aliphatic rings. The van der Waals surface area contributed by atoms with Crippen LogP contribution in [-0.4, -0.2) is 28.1 Å². The number of nitrogens with zero attached hydrogens (tertiary/aromatic N) is 2. The monoisotopic (exact) mass is 454 g/mol. The Morgan fingerprint density at radius 3 is 2.43 bits per heavy atom. The normalized spacial score (nSPS) is 12.4. The van der Waals surface area contributed by atoms with Crippen LogP contribution in [0.5, 0.6) is 0 Å². The maximum Gasteiger partial charge on any atom is 0.397 e. The lowest BCUT2D eigenvalue weighted by atomic mass is 10.0. The van der Waals surface area contributed by atoms with Crippen LogP contribution >= 0.6 is 34.8 Å². The van der Waals surface area contributed by atoms with Crippen molar-refractivity contribution in [2.45, 2.75) is 25.9 Å². The number of alkyl halides is 3. The molecule has 1 unspecified atom stereocenters. The molecule has 0 spiro atoms. The molecule has 6 nitrogen and oxygen atoms in total. The predicted molar refractivity (Wildman–Crippen MR) is 99.2 cm³/mol. The van der Waals surface area contributed by atoms with Crippen LogP contribution in [-0.2, 0) is 0 Å². The van der Waals surface area contributed by atoms with E-state index in [4.69, 9.17) is 34.8 Å². The molecule has 2 N–H and O–H groups in total. The lowest BCUT2D eigenvalue weighted by Gasteiger charge is -2.20. The van der Waals surface area contributed by atoms with Crippen LogP contribution in [0.4, 0.5) is 23.7 Å². The van der Waals surface area contributed by atoms with Gasteiger partial charge in [0, 0.05) is 6.20 Å². The molecule has 0 aliphatic heterocycles. The largest absolute Gasteiger partial charge is 0.397 e. The zero-order valence-electron chi connectivity index (χ0n) is 14.3. The summed E-state index contributed by atoms with van der Waals surface area (Å²) < 4.78 is 39.2. The van der Waals surface area contributed by atoms with Gasteiger partial charge in [0.2, 0.25) is 0 Å². The fourth-order valence-corrected chi connectivity index (χ4v) is 2.70. The van der Waals surface area contributed by atoms with Crippen molar-refractivity contribution in [1.29, 1.82) is 0 Å². The third-order valence-corrected chi connectivity index (χ3v) is 4.65. The molecule has 2 heterocycles. The quantitative estimate of drug-likeness (QED) is 0.609. The van der Waals surface area contributed by atoms with Crippen molar-refractivity contribution in [3.8, 4) is 0 Å². The molecular formula is C16H12Cl3F3N4O2. The van der Waals surface area contributed by atoms with Gasteiger partial charge in [0.25, 0.3) is 5.91 Å². The molecule has 28 heavy (non-hydrogen) atoms. The third kappa shape index (κ3) is 5.03. The summed E-state index contributed by atoms with van der Waals surface area (Å²) in [6.07, 6.45) is -3.37. The fraction of sp³-hybridized carbons (Fsp3) is 0.250. The summed E-state index contributed by atoms with van der Waals surface area (Å²) >= 11 is 17.2. The molecule has 12 heteroatoms. The number of urea groups is 1. The highest BCUT2D eigenvalue weighted by atomic mass is 35.5. The molecule has 2 aromatic rings. The number of carbonyl (C=O) groups is 2. The summed E-state index contributed by atoms with van der Waals surface area (Å²) in [5.41, 5.74) is -0.448. The number of halogens is 6. The van der Waals surface area contributed by atoms with Gasteiger partial charge >= 0.3 is 12.2 Å². The van der Waals surface area contributed by atoms with Gasteiger partial charge in [0.15, 0.2) is 0 Å². The Labute approximate surface area is 172 Å². The van der Waals surface area contributed by atoms with Crippen LogP contribution in [0.3, 0.4) is 0 Å². The summed E-state index contributed by atoms with van der Waals surface area (Å²) in [6.45, 7) is 2.41. The molecule has 150 valence electrons. The van der Waals surface area contributed by atoms with Gasteiger partial charge in [-0.15, -0.1) is 0 Å². The van der Waals surface area contributed by atoms with E-state index in [1.807, 2.05) is 5.32 Å². The second-order valence-electron chi connectivity index (χ2n) is 5.66. The molecule has 0 aromatic carbocycles. The minimum Gasteiger partial charge on any atom is -0.306 e. The van der Waals surface area contributed by atoms with Crippen LogP contribution in [0.1, 0.15) is 34.5 Å². The van der Waals surface area contributed by atoms with Crippen LogP contribution in [0, 0.1) is 6.92 Å². The van der Waals surface area contributed by atoms with E-state index in [1.165, 1.54) is 19.2 Å². The Balaban J connectivity index is 2.25. The molecule has 0 radical (unpaired) electrons. The first kappa shape index (κ1) is 22.2. The smallest absolute Gasteiger partial charge is 0.306 e. The van der Waals surface area contributed by atoms with Crippen molar-refractivity contribution in [3.63, 3.8) is 0 Å². The molecule has 0 bridgehead atoms. The van der Waals surface area contributed by atoms with Gasteiger partial charge in [-0.3, -0.25) is 15.1 Å². The average Bonchev–Trinajstić information content (AvgIpc) is 2.58. The van der Waals surface area contributed by atoms with Gasteiger partial charge in [0.05, 0.1) is 27.9 Å². The van der Waals surface area contributed by atoms with Gasteiger partial charge < -0.3 is 5.32 Å². The maximum absolute atomic E-state index is 13.1. The zero-order valence-corrected chi connectivity index (χ0v) is 16.6. The van der Waals surface area contributed by atoms with Crippen molar-refractivity contribution in [2.24, 2.45) is 0 Å². The SMILES string of the molecule is Cc1ccnc(C(C)C(F)(F)F)c1NC(=O)NC(=O)c1cc(Cl)c(Cl)nc1Cl. The first-order valence-corrected chi connectivity index (χ1v) is 8.71. The Kier molecular flexibility index (Phi) is 6.74. The number of amides is 3. The minimum absolute atomic E-state index is 0.0685. The Bertz CT molecular complexity index is 938. The number of aromatic nitrogens is 2. The minimum atomic E-state index is -4.57. The second kappa shape index (κ2) is 8.50. The molecule has 2 rings (SSSR count). The van der Waals surface area contributed by atoms with E-state index < -0.39 is 24.0 Å². The molecule has 0 saturated heterocycles. The number of hydrogen-bond acceptors (Lipinski definition) is 4. The van der Waals surface area contributed by atoms with Crippen molar-refractivity contribution in [3.05, 3.63) is 50.5 Å². The van der Waals surface area contributed by atoms with Gasteiger partial charge in [-0.05, 0) is 31.5 Å². The molecule has 3 amide bonds. The van der Waals surface area contributed by atoms with Gasteiger partial charge in [0.1, 0.15) is 10.3 Å². The number of rotatable bonds is 3. The van der Waals surface area contributed by atoms with Gasteiger partial charge in [-0.2, -0.15) is 13.2 Å². The number of nitrogens with one attached hydrogen (secondary N) is 2. The Morgan fingerprint density at radius 2 is 1.82 bits per heavy atom. The summed E-state index contributed by atoms with van der Waals surface area (Å²) in [6, 6.07) is 1.44. The van der Waals surface area contributed by atoms with E-state index in [1.54, 1.807) is 0 Å². The van der Waals surface area contributed by atoms with Crippen molar-refractivity contribution < 1.29 is 22.8 Å². The zero-order chi connectivity index (χ0) is 21.2. The summed E-state index contributed by atoms with van der Waals surface area (Å²) in [7, 11) is 0. The second-order valence-corrected chi connectivity index (χ2v) is 6.78. The molecular weight excluding hydrogens is 444 g/mol. The van der Waals surface area contributed by atoms with E-state index >= 15 is 0 Å².